The summed E-state index contributed by atoms with van der Waals surface area (Å²) < 4.78 is 11.8. The summed E-state index contributed by atoms with van der Waals surface area (Å²) in [6.45, 7) is 9.05. The second-order valence-corrected chi connectivity index (χ2v) is 6.11. The van der Waals surface area contributed by atoms with Crippen molar-refractivity contribution in [1.29, 1.82) is 0 Å². The molecule has 26 heavy (non-hydrogen) atoms. The van der Waals surface area contributed by atoms with Crippen LogP contribution < -0.4 is 9.47 Å². The second kappa shape index (κ2) is 9.66. The lowest BCUT2D eigenvalue weighted by Gasteiger charge is -2.15. The molecule has 0 amide bonds. The van der Waals surface area contributed by atoms with Crippen LogP contribution in [0.4, 0.5) is 0 Å². The highest BCUT2D eigenvalue weighted by Crippen LogP contribution is 2.29. The van der Waals surface area contributed by atoms with Gasteiger partial charge in [-0.2, -0.15) is 0 Å². The van der Waals surface area contributed by atoms with Crippen molar-refractivity contribution in [1.82, 2.24) is 0 Å². The van der Waals surface area contributed by atoms with Crippen molar-refractivity contribution in [3.8, 4) is 11.5 Å². The maximum atomic E-state index is 6.09. The van der Waals surface area contributed by atoms with Crippen LogP contribution in [0.3, 0.4) is 0 Å². The molecular weight excluding hydrogens is 326 g/mol. The van der Waals surface area contributed by atoms with Gasteiger partial charge in [0.05, 0.1) is 5.71 Å². The first-order chi connectivity index (χ1) is 12.5. The third-order valence-corrected chi connectivity index (χ3v) is 3.97. The molecule has 2 aromatic rings. The van der Waals surface area contributed by atoms with Gasteiger partial charge in [0.25, 0.3) is 0 Å². The van der Waals surface area contributed by atoms with Gasteiger partial charge in [0.15, 0.2) is 0 Å². The first kappa shape index (κ1) is 19.6. The minimum atomic E-state index is 0.495. The Bertz CT molecular complexity index is 771. The molecule has 2 rings (SSSR count). The van der Waals surface area contributed by atoms with Crippen LogP contribution in [-0.2, 0) is 11.4 Å². The smallest absolute Gasteiger partial charge is 0.125 e. The van der Waals surface area contributed by atoms with Crippen LogP contribution >= 0.6 is 0 Å². The Kier molecular flexibility index (Phi) is 7.27. The van der Waals surface area contributed by atoms with Gasteiger partial charge in [-0.3, -0.25) is 0 Å². The monoisotopic (exact) mass is 353 g/mol. The van der Waals surface area contributed by atoms with Gasteiger partial charge in [-0.25, -0.2) is 0 Å². The molecule has 0 heterocycles. The number of oxime groups is 1. The molecular formula is C22H27NO3. The fourth-order valence-electron chi connectivity index (χ4n) is 2.69. The molecule has 0 aliphatic carbocycles. The summed E-state index contributed by atoms with van der Waals surface area (Å²) in [6.07, 6.45) is 3.96. The van der Waals surface area contributed by atoms with E-state index in [1.165, 1.54) is 0 Å². The molecule has 138 valence electrons. The molecule has 0 radical (unpaired) electrons. The second-order valence-electron chi connectivity index (χ2n) is 6.11. The third-order valence-electron chi connectivity index (χ3n) is 3.97. The number of hydrogen-bond acceptors (Lipinski definition) is 4. The fraction of sp³-hybridized carbons (Fsp3) is 0.318. The van der Waals surface area contributed by atoms with Crippen molar-refractivity contribution in [2.45, 2.75) is 34.3 Å². The van der Waals surface area contributed by atoms with E-state index in [-0.39, 0.29) is 0 Å². The van der Waals surface area contributed by atoms with E-state index in [1.807, 2.05) is 70.2 Å². The van der Waals surface area contributed by atoms with Gasteiger partial charge in [0.1, 0.15) is 31.8 Å². The molecule has 0 unspecified atom stereocenters. The van der Waals surface area contributed by atoms with E-state index >= 15 is 0 Å². The van der Waals surface area contributed by atoms with Crippen molar-refractivity contribution >= 4 is 5.71 Å². The lowest BCUT2D eigenvalue weighted by Crippen LogP contribution is -2.02. The molecule has 0 bridgehead atoms. The van der Waals surface area contributed by atoms with Crippen molar-refractivity contribution in [2.24, 2.45) is 5.16 Å². The molecule has 4 nitrogen and oxygen atoms in total. The Labute approximate surface area is 156 Å². The highest BCUT2D eigenvalue weighted by molar-refractivity contribution is 5.98. The molecule has 4 heteroatoms. The summed E-state index contributed by atoms with van der Waals surface area (Å²) in [5, 5.41) is 3.98. The van der Waals surface area contributed by atoms with Gasteiger partial charge in [-0.1, -0.05) is 35.5 Å². The zero-order valence-corrected chi connectivity index (χ0v) is 16.2. The maximum absolute atomic E-state index is 6.09. The SMILES string of the molecule is C/C=C/COc1cc(C)c(OCc2cccc(C(C)=NOC)c2)c(C)c1. The standard InChI is InChI=1S/C22H27NO3/c1-6-7-11-25-21-12-16(2)22(17(3)13-21)26-15-19-9-8-10-20(14-19)18(4)23-24-5/h6-10,12-14H,11,15H2,1-5H3/b7-6+,23-18?. The van der Waals surface area contributed by atoms with Crippen LogP contribution in [-0.4, -0.2) is 19.4 Å². The van der Waals surface area contributed by atoms with Gasteiger partial charge in [-0.15, -0.1) is 0 Å². The Morgan fingerprint density at radius 2 is 1.81 bits per heavy atom. The quantitative estimate of drug-likeness (QED) is 0.372. The Balaban J connectivity index is 2.10. The summed E-state index contributed by atoms with van der Waals surface area (Å²) in [6, 6.07) is 12.1. The number of rotatable bonds is 8. The Morgan fingerprint density at radius 1 is 1.08 bits per heavy atom. The average Bonchev–Trinajstić information content (AvgIpc) is 2.62. The van der Waals surface area contributed by atoms with E-state index in [2.05, 4.69) is 11.2 Å². The topological polar surface area (TPSA) is 40.0 Å². The summed E-state index contributed by atoms with van der Waals surface area (Å²) in [5.41, 5.74) is 5.07. The summed E-state index contributed by atoms with van der Waals surface area (Å²) >= 11 is 0. The molecule has 0 saturated carbocycles. The molecule has 0 aromatic heterocycles. The van der Waals surface area contributed by atoms with Crippen LogP contribution in [0.5, 0.6) is 11.5 Å². The van der Waals surface area contributed by atoms with E-state index in [4.69, 9.17) is 14.3 Å². The van der Waals surface area contributed by atoms with Gasteiger partial charge < -0.3 is 14.3 Å². The van der Waals surface area contributed by atoms with Crippen molar-refractivity contribution < 1.29 is 14.3 Å². The number of benzene rings is 2. The van der Waals surface area contributed by atoms with Crippen LogP contribution in [0.25, 0.3) is 0 Å². The van der Waals surface area contributed by atoms with Crippen LogP contribution in [0, 0.1) is 13.8 Å². The molecule has 0 atom stereocenters. The molecule has 2 aromatic carbocycles. The first-order valence-electron chi connectivity index (χ1n) is 8.70. The van der Waals surface area contributed by atoms with Crippen molar-refractivity contribution in [3.05, 3.63) is 70.8 Å². The van der Waals surface area contributed by atoms with Crippen LogP contribution in [0.1, 0.15) is 36.1 Å². The van der Waals surface area contributed by atoms with Gasteiger partial charge in [-0.05, 0) is 68.1 Å². The van der Waals surface area contributed by atoms with Gasteiger partial charge in [0, 0.05) is 0 Å². The Morgan fingerprint density at radius 3 is 2.46 bits per heavy atom. The van der Waals surface area contributed by atoms with Crippen molar-refractivity contribution in [3.63, 3.8) is 0 Å². The predicted octanol–water partition coefficient (Wildman–Crippen LogP) is 5.21. The first-order valence-corrected chi connectivity index (χ1v) is 8.70. The molecule has 0 spiro atoms. The normalized spacial score (nSPS) is 11.7. The number of nitrogens with zero attached hydrogens (tertiary/aromatic N) is 1. The summed E-state index contributed by atoms with van der Waals surface area (Å²) in [4.78, 5) is 4.85. The molecule has 0 aliphatic rings. The lowest BCUT2D eigenvalue weighted by molar-refractivity contribution is 0.213. The molecule has 0 aliphatic heterocycles. The van der Waals surface area contributed by atoms with Crippen molar-refractivity contribution in [2.75, 3.05) is 13.7 Å². The maximum Gasteiger partial charge on any atom is 0.125 e. The molecule has 0 N–H and O–H groups in total. The number of hydrogen-bond donors (Lipinski definition) is 0. The zero-order chi connectivity index (χ0) is 18.9. The highest BCUT2D eigenvalue weighted by Gasteiger charge is 2.08. The number of allylic oxidation sites excluding steroid dienone is 1. The minimum absolute atomic E-state index is 0.495. The van der Waals surface area contributed by atoms with Gasteiger partial charge >= 0.3 is 0 Å². The minimum Gasteiger partial charge on any atom is -0.490 e. The largest absolute Gasteiger partial charge is 0.490 e. The zero-order valence-electron chi connectivity index (χ0n) is 16.2. The van der Waals surface area contributed by atoms with E-state index in [1.54, 1.807) is 7.11 Å². The van der Waals surface area contributed by atoms with Crippen LogP contribution in [0.2, 0.25) is 0 Å². The predicted molar refractivity (Wildman–Crippen MR) is 106 cm³/mol. The van der Waals surface area contributed by atoms with E-state index in [0.717, 1.165) is 39.5 Å². The van der Waals surface area contributed by atoms with Gasteiger partial charge in [0.2, 0.25) is 0 Å². The fourth-order valence-corrected chi connectivity index (χ4v) is 2.69. The lowest BCUT2D eigenvalue weighted by atomic mass is 10.1. The van der Waals surface area contributed by atoms with E-state index in [0.29, 0.717) is 13.2 Å². The average molecular weight is 353 g/mol. The Hall–Kier alpha value is -2.75. The summed E-state index contributed by atoms with van der Waals surface area (Å²) in [7, 11) is 1.55. The van der Waals surface area contributed by atoms with Crippen LogP contribution in [0.15, 0.2) is 53.7 Å². The number of aryl methyl sites for hydroxylation is 2. The molecule has 0 fully saturated rings. The summed E-state index contributed by atoms with van der Waals surface area (Å²) in [5.74, 6) is 1.76. The highest BCUT2D eigenvalue weighted by atomic mass is 16.6. The number of ether oxygens (including phenoxy) is 2. The van der Waals surface area contributed by atoms with E-state index in [9.17, 15) is 0 Å². The van der Waals surface area contributed by atoms with E-state index < -0.39 is 0 Å². The third kappa shape index (κ3) is 5.38. The molecule has 0 saturated heterocycles.